The van der Waals surface area contributed by atoms with Crippen molar-refractivity contribution in [2.75, 3.05) is 18.0 Å². The number of amides is 1. The van der Waals surface area contributed by atoms with Gasteiger partial charge in [0.25, 0.3) is 5.91 Å². The Bertz CT molecular complexity index is 937. The van der Waals surface area contributed by atoms with Gasteiger partial charge < -0.3 is 10.6 Å². The first-order valence-electron chi connectivity index (χ1n) is 8.64. The van der Waals surface area contributed by atoms with Gasteiger partial charge in [-0.05, 0) is 25.0 Å². The van der Waals surface area contributed by atoms with Gasteiger partial charge in [-0.1, -0.05) is 48.5 Å². The second-order valence-electron chi connectivity index (χ2n) is 6.64. The normalized spacial score (nSPS) is 17.2. The molecule has 1 fully saturated rings. The van der Waals surface area contributed by atoms with Crippen LogP contribution in [-0.4, -0.2) is 24.0 Å². The average Bonchev–Trinajstić information content (AvgIpc) is 3.10. The highest BCUT2D eigenvalue weighted by Crippen LogP contribution is 2.36. The zero-order chi connectivity index (χ0) is 17.4. The molecule has 1 aliphatic heterocycles. The Kier molecular flexibility index (Phi) is 3.88. The lowest BCUT2D eigenvalue weighted by Gasteiger charge is -2.24. The van der Waals surface area contributed by atoms with Gasteiger partial charge in [-0.2, -0.15) is 0 Å². The van der Waals surface area contributed by atoms with Crippen LogP contribution in [0.15, 0.2) is 54.6 Å². The Morgan fingerprint density at radius 3 is 2.60 bits per heavy atom. The summed E-state index contributed by atoms with van der Waals surface area (Å²) in [6, 6.07) is 18.3. The van der Waals surface area contributed by atoms with Crippen LogP contribution in [0.2, 0.25) is 0 Å². The second-order valence-corrected chi connectivity index (χ2v) is 6.64. The van der Waals surface area contributed by atoms with E-state index < -0.39 is 0 Å². The maximum absolute atomic E-state index is 12.3. The number of carbonyl (C=O) groups is 1. The molecule has 2 N–H and O–H groups in total. The molecule has 1 aliphatic rings. The van der Waals surface area contributed by atoms with E-state index in [1.165, 1.54) is 5.56 Å². The molecule has 4 heteroatoms. The monoisotopic (exact) mass is 331 g/mol. The molecule has 1 saturated heterocycles. The Balaban J connectivity index is 1.78. The highest BCUT2D eigenvalue weighted by molar-refractivity contribution is 6.10. The fourth-order valence-electron chi connectivity index (χ4n) is 3.92. The molecule has 2 aromatic carbocycles. The Hall–Kier alpha value is -2.88. The van der Waals surface area contributed by atoms with Crippen molar-refractivity contribution in [2.24, 2.45) is 5.73 Å². The lowest BCUT2D eigenvalue weighted by atomic mass is 9.98. The number of aromatic nitrogens is 1. The van der Waals surface area contributed by atoms with Gasteiger partial charge in [0.1, 0.15) is 0 Å². The number of benzene rings is 2. The molecule has 4 rings (SSSR count). The second kappa shape index (κ2) is 6.20. The summed E-state index contributed by atoms with van der Waals surface area (Å²) in [6.45, 7) is 3.75. The molecule has 25 heavy (non-hydrogen) atoms. The number of primary amides is 1. The molecule has 0 radical (unpaired) electrons. The maximum Gasteiger partial charge on any atom is 0.251 e. The number of hydrogen-bond acceptors (Lipinski definition) is 3. The average molecular weight is 331 g/mol. The van der Waals surface area contributed by atoms with E-state index in [2.05, 4.69) is 29.2 Å². The molecule has 2 heterocycles. The number of para-hydroxylation sites is 1. The number of fused-ring (bicyclic) bond motifs is 1. The van der Waals surface area contributed by atoms with Crippen molar-refractivity contribution < 1.29 is 4.79 Å². The molecule has 4 nitrogen and oxygen atoms in total. The van der Waals surface area contributed by atoms with Crippen molar-refractivity contribution in [3.63, 3.8) is 0 Å². The third kappa shape index (κ3) is 2.74. The zero-order valence-electron chi connectivity index (χ0n) is 14.3. The number of pyridine rings is 1. The number of aryl methyl sites for hydroxylation is 1. The SMILES string of the molecule is Cc1nc2ccccc2c(C(N)=O)c1N1CCC(c2ccccc2)C1. The highest BCUT2D eigenvalue weighted by Gasteiger charge is 2.29. The lowest BCUT2D eigenvalue weighted by Crippen LogP contribution is -2.26. The summed E-state index contributed by atoms with van der Waals surface area (Å²) >= 11 is 0. The number of hydrogen-bond donors (Lipinski definition) is 1. The van der Waals surface area contributed by atoms with Gasteiger partial charge in [0.2, 0.25) is 0 Å². The van der Waals surface area contributed by atoms with Crippen LogP contribution in [0.5, 0.6) is 0 Å². The van der Waals surface area contributed by atoms with Crippen molar-refractivity contribution in [2.45, 2.75) is 19.3 Å². The Morgan fingerprint density at radius 1 is 1.12 bits per heavy atom. The van der Waals surface area contributed by atoms with Crippen LogP contribution in [-0.2, 0) is 0 Å². The van der Waals surface area contributed by atoms with E-state index in [0.717, 1.165) is 41.8 Å². The van der Waals surface area contributed by atoms with Crippen LogP contribution in [0.3, 0.4) is 0 Å². The minimum atomic E-state index is -0.389. The fourth-order valence-corrected chi connectivity index (χ4v) is 3.92. The van der Waals surface area contributed by atoms with E-state index in [4.69, 9.17) is 10.7 Å². The summed E-state index contributed by atoms with van der Waals surface area (Å²) in [5, 5.41) is 0.832. The highest BCUT2D eigenvalue weighted by atomic mass is 16.1. The molecule has 0 aliphatic carbocycles. The van der Waals surface area contributed by atoms with E-state index >= 15 is 0 Å². The van der Waals surface area contributed by atoms with Gasteiger partial charge >= 0.3 is 0 Å². The predicted octanol–water partition coefficient (Wildman–Crippen LogP) is 3.64. The van der Waals surface area contributed by atoms with Crippen molar-refractivity contribution in [3.05, 3.63) is 71.4 Å². The van der Waals surface area contributed by atoms with Crippen LogP contribution in [0.25, 0.3) is 10.9 Å². The predicted molar refractivity (Wildman–Crippen MR) is 101 cm³/mol. The largest absolute Gasteiger partial charge is 0.369 e. The first kappa shape index (κ1) is 15.6. The van der Waals surface area contributed by atoms with Gasteiger partial charge in [0.15, 0.2) is 0 Å². The number of nitrogens with two attached hydrogens (primary N) is 1. The van der Waals surface area contributed by atoms with Crippen molar-refractivity contribution in [1.29, 1.82) is 0 Å². The van der Waals surface area contributed by atoms with Gasteiger partial charge in [0.05, 0.1) is 22.5 Å². The molecule has 126 valence electrons. The van der Waals surface area contributed by atoms with E-state index in [-0.39, 0.29) is 5.91 Å². The third-order valence-corrected chi connectivity index (χ3v) is 5.06. The van der Waals surface area contributed by atoms with Crippen LogP contribution in [0.1, 0.15) is 34.0 Å². The molecule has 1 atom stereocenters. The van der Waals surface area contributed by atoms with Gasteiger partial charge in [-0.25, -0.2) is 0 Å². The maximum atomic E-state index is 12.3. The fraction of sp³-hybridized carbons (Fsp3) is 0.238. The van der Waals surface area contributed by atoms with Crippen LogP contribution < -0.4 is 10.6 Å². The number of nitrogens with zero attached hydrogens (tertiary/aromatic N) is 2. The molecule has 1 unspecified atom stereocenters. The quantitative estimate of drug-likeness (QED) is 0.797. The molecule has 3 aromatic rings. The summed E-state index contributed by atoms with van der Waals surface area (Å²) in [7, 11) is 0. The summed E-state index contributed by atoms with van der Waals surface area (Å²) in [4.78, 5) is 19.2. The van der Waals surface area contributed by atoms with Gasteiger partial charge in [0, 0.05) is 24.4 Å². The first-order valence-corrected chi connectivity index (χ1v) is 8.64. The molecular weight excluding hydrogens is 310 g/mol. The van der Waals surface area contributed by atoms with E-state index in [9.17, 15) is 4.79 Å². The lowest BCUT2D eigenvalue weighted by molar-refractivity contribution is 0.100. The molecule has 0 spiro atoms. The number of anilines is 1. The van der Waals surface area contributed by atoms with Crippen LogP contribution in [0.4, 0.5) is 5.69 Å². The topological polar surface area (TPSA) is 59.2 Å². The molecule has 1 amide bonds. The summed E-state index contributed by atoms with van der Waals surface area (Å²) in [5.74, 6) is 0.0765. The summed E-state index contributed by atoms with van der Waals surface area (Å²) < 4.78 is 0. The first-order chi connectivity index (χ1) is 12.1. The van der Waals surface area contributed by atoms with Crippen molar-refractivity contribution in [1.82, 2.24) is 4.98 Å². The smallest absolute Gasteiger partial charge is 0.251 e. The van der Waals surface area contributed by atoms with E-state index in [1.807, 2.05) is 37.3 Å². The number of rotatable bonds is 3. The van der Waals surface area contributed by atoms with Crippen LogP contribution in [0, 0.1) is 6.92 Å². The Morgan fingerprint density at radius 2 is 1.84 bits per heavy atom. The van der Waals surface area contributed by atoms with Gasteiger partial charge in [-0.15, -0.1) is 0 Å². The number of carbonyl (C=O) groups excluding carboxylic acids is 1. The Labute approximate surface area is 147 Å². The minimum Gasteiger partial charge on any atom is -0.369 e. The standard InChI is InChI=1S/C21H21N3O/c1-14-20(19(21(22)25)17-9-5-6-10-18(17)23-14)24-12-11-16(13-24)15-7-3-2-4-8-15/h2-10,16H,11-13H2,1H3,(H2,22,25). The molecule has 0 saturated carbocycles. The summed E-state index contributed by atoms with van der Waals surface area (Å²) in [5.41, 5.74) is 10.3. The molecule has 0 bridgehead atoms. The van der Waals surface area contributed by atoms with Gasteiger partial charge in [-0.3, -0.25) is 9.78 Å². The van der Waals surface area contributed by atoms with E-state index in [0.29, 0.717) is 11.5 Å². The van der Waals surface area contributed by atoms with Crippen molar-refractivity contribution in [3.8, 4) is 0 Å². The molecule has 1 aromatic heterocycles. The van der Waals surface area contributed by atoms with Crippen LogP contribution >= 0.6 is 0 Å². The van der Waals surface area contributed by atoms with E-state index in [1.54, 1.807) is 0 Å². The minimum absolute atomic E-state index is 0.389. The zero-order valence-corrected chi connectivity index (χ0v) is 14.3. The summed E-state index contributed by atoms with van der Waals surface area (Å²) in [6.07, 6.45) is 1.06. The van der Waals surface area contributed by atoms with Crippen molar-refractivity contribution >= 4 is 22.5 Å². The third-order valence-electron chi connectivity index (χ3n) is 5.06. The molecular formula is C21H21N3O.